The maximum Gasteiger partial charge on any atom is 0.310 e. The molecule has 0 radical (unpaired) electrons. The van der Waals surface area contributed by atoms with Gasteiger partial charge >= 0.3 is 5.97 Å². The summed E-state index contributed by atoms with van der Waals surface area (Å²) in [5.74, 6) is -1.08. The maximum atomic E-state index is 12.6. The number of benzene rings is 2. The molecule has 1 aliphatic heterocycles. The zero-order valence-electron chi connectivity index (χ0n) is 17.4. The number of nitriles is 1. The van der Waals surface area contributed by atoms with Crippen molar-refractivity contribution < 1.29 is 18.7 Å². The number of ketones is 1. The first-order chi connectivity index (χ1) is 14.9. The van der Waals surface area contributed by atoms with E-state index in [0.717, 1.165) is 27.1 Å². The Morgan fingerprint density at radius 2 is 1.94 bits per heavy atom. The zero-order valence-corrected chi connectivity index (χ0v) is 18.2. The predicted octanol–water partition coefficient (Wildman–Crippen LogP) is 4.68. The Labute approximate surface area is 184 Å². The first kappa shape index (κ1) is 20.8. The number of hydrogen-bond acceptors (Lipinski definition) is 7. The fraction of sp³-hybridized carbons (Fsp3) is 0.208. The Balaban J connectivity index is 1.44. The van der Waals surface area contributed by atoms with Crippen molar-refractivity contribution >= 4 is 40.2 Å². The average Bonchev–Trinajstić information content (AvgIpc) is 3.29. The van der Waals surface area contributed by atoms with Gasteiger partial charge in [0.15, 0.2) is 6.61 Å². The van der Waals surface area contributed by atoms with Gasteiger partial charge < -0.3 is 14.1 Å². The average molecular weight is 433 g/mol. The van der Waals surface area contributed by atoms with Gasteiger partial charge in [0, 0.05) is 22.9 Å². The summed E-state index contributed by atoms with van der Waals surface area (Å²) in [4.78, 5) is 27.8. The summed E-state index contributed by atoms with van der Waals surface area (Å²) in [5, 5.41) is 11.0. The summed E-state index contributed by atoms with van der Waals surface area (Å²) in [7, 11) is 1.80. The van der Waals surface area contributed by atoms with Crippen LogP contribution in [-0.2, 0) is 20.7 Å². The summed E-state index contributed by atoms with van der Waals surface area (Å²) >= 11 is 1.36. The van der Waals surface area contributed by atoms with E-state index in [1.807, 2.05) is 56.3 Å². The van der Waals surface area contributed by atoms with Crippen LogP contribution in [0.25, 0.3) is 11.0 Å². The second-order valence-corrected chi connectivity index (χ2v) is 8.41. The van der Waals surface area contributed by atoms with E-state index in [-0.39, 0.29) is 12.0 Å². The largest absolute Gasteiger partial charge is 0.464 e. The van der Waals surface area contributed by atoms with E-state index in [9.17, 15) is 14.9 Å². The summed E-state index contributed by atoms with van der Waals surface area (Å²) in [6, 6.07) is 13.5. The van der Waals surface area contributed by atoms with Gasteiger partial charge in [0.1, 0.15) is 22.3 Å². The monoisotopic (exact) mass is 432 g/mol. The van der Waals surface area contributed by atoms with E-state index in [0.29, 0.717) is 16.2 Å². The number of carbonyl (C=O) groups is 2. The molecule has 0 N–H and O–H groups in total. The molecule has 0 unspecified atom stereocenters. The molecule has 2 aromatic carbocycles. The van der Waals surface area contributed by atoms with Gasteiger partial charge in [-0.15, -0.1) is 0 Å². The molecule has 0 bridgehead atoms. The Hall–Kier alpha value is -3.50. The molecule has 0 atom stereocenters. The van der Waals surface area contributed by atoms with Gasteiger partial charge in [-0.3, -0.25) is 9.59 Å². The number of esters is 1. The third kappa shape index (κ3) is 3.94. The molecular weight excluding hydrogens is 412 g/mol. The van der Waals surface area contributed by atoms with Gasteiger partial charge in [-0.25, -0.2) is 0 Å². The Morgan fingerprint density at radius 3 is 2.68 bits per heavy atom. The minimum absolute atomic E-state index is 0.0126. The lowest BCUT2D eigenvalue weighted by Gasteiger charge is -2.14. The molecule has 31 heavy (non-hydrogen) atoms. The van der Waals surface area contributed by atoms with Crippen molar-refractivity contribution in [3.05, 3.63) is 70.0 Å². The van der Waals surface area contributed by atoms with Crippen LogP contribution in [0.15, 0.2) is 62.6 Å². The summed E-state index contributed by atoms with van der Waals surface area (Å²) in [6.07, 6.45) is 1.53. The van der Waals surface area contributed by atoms with Crippen LogP contribution >= 0.6 is 11.8 Å². The van der Waals surface area contributed by atoms with Crippen molar-refractivity contribution in [3.63, 3.8) is 0 Å². The molecule has 6 nitrogen and oxygen atoms in total. The number of furan rings is 1. The molecule has 156 valence electrons. The van der Waals surface area contributed by atoms with Gasteiger partial charge in [0.2, 0.25) is 5.78 Å². The second kappa shape index (κ2) is 8.32. The van der Waals surface area contributed by atoms with Crippen molar-refractivity contribution in [3.8, 4) is 6.07 Å². The quantitative estimate of drug-likeness (QED) is 0.329. The molecular formula is C24H20N2O4S. The van der Waals surface area contributed by atoms with Crippen LogP contribution < -0.4 is 4.90 Å². The number of hydrogen-bond donors (Lipinski definition) is 0. The Bertz CT molecular complexity index is 1280. The van der Waals surface area contributed by atoms with Gasteiger partial charge in [0.25, 0.3) is 0 Å². The van der Waals surface area contributed by atoms with Gasteiger partial charge in [0.05, 0.1) is 18.4 Å². The Morgan fingerprint density at radius 1 is 1.19 bits per heavy atom. The number of thioether (sulfide) groups is 1. The molecule has 4 rings (SSSR count). The lowest BCUT2D eigenvalue weighted by atomic mass is 10.0. The molecule has 1 aliphatic rings. The number of carbonyl (C=O) groups excluding carboxylic acids is 2. The van der Waals surface area contributed by atoms with E-state index in [2.05, 4.69) is 0 Å². The fourth-order valence-corrected chi connectivity index (χ4v) is 4.61. The van der Waals surface area contributed by atoms with Crippen LogP contribution in [0.4, 0.5) is 5.69 Å². The van der Waals surface area contributed by atoms with Crippen LogP contribution in [0.3, 0.4) is 0 Å². The first-order valence-corrected chi connectivity index (χ1v) is 10.5. The van der Waals surface area contributed by atoms with Crippen molar-refractivity contribution in [2.24, 2.45) is 0 Å². The number of para-hydroxylation sites is 1. The predicted molar refractivity (Wildman–Crippen MR) is 119 cm³/mol. The van der Waals surface area contributed by atoms with E-state index < -0.39 is 18.4 Å². The maximum absolute atomic E-state index is 12.6. The SMILES string of the molecule is Cc1cc2occ(CC(=O)OCC(=O)C(C#N)=C3Sc4ccccc4N3C)c2cc1C. The highest BCUT2D eigenvalue weighted by atomic mass is 32.2. The van der Waals surface area contributed by atoms with Crippen molar-refractivity contribution in [1.29, 1.82) is 5.26 Å². The Kier molecular flexibility index (Phi) is 5.57. The van der Waals surface area contributed by atoms with Gasteiger partial charge in [-0.2, -0.15) is 5.26 Å². The molecule has 0 saturated carbocycles. The molecule has 2 heterocycles. The lowest BCUT2D eigenvalue weighted by molar-refractivity contribution is -0.146. The minimum atomic E-state index is -0.549. The van der Waals surface area contributed by atoms with Crippen molar-refractivity contribution in [2.75, 3.05) is 18.6 Å². The standard InChI is InChI=1S/C24H20N2O4S/c1-14-8-17-16(12-29-21(17)9-15(14)2)10-23(28)30-13-20(27)18(11-25)24-26(3)19-6-4-5-7-22(19)31-24/h4-9,12H,10,13H2,1-3H3. The zero-order chi connectivity index (χ0) is 22.1. The van der Waals surface area contributed by atoms with E-state index in [4.69, 9.17) is 9.15 Å². The highest BCUT2D eigenvalue weighted by molar-refractivity contribution is 8.03. The lowest BCUT2D eigenvalue weighted by Crippen LogP contribution is -2.20. The van der Waals surface area contributed by atoms with Gasteiger partial charge in [-0.05, 0) is 49.2 Å². The minimum Gasteiger partial charge on any atom is -0.464 e. The molecule has 0 amide bonds. The summed E-state index contributed by atoms with van der Waals surface area (Å²) in [6.45, 7) is 3.51. The highest BCUT2D eigenvalue weighted by Crippen LogP contribution is 2.46. The summed E-state index contributed by atoms with van der Waals surface area (Å²) in [5.41, 5.74) is 4.53. The number of aryl methyl sites for hydroxylation is 2. The van der Waals surface area contributed by atoms with Gasteiger partial charge in [-0.1, -0.05) is 23.9 Å². The highest BCUT2D eigenvalue weighted by Gasteiger charge is 2.28. The van der Waals surface area contributed by atoms with Crippen LogP contribution in [0.1, 0.15) is 16.7 Å². The normalized spacial score (nSPS) is 14.3. The number of ether oxygens (including phenoxy) is 1. The third-order valence-corrected chi connectivity index (χ3v) is 6.55. The number of anilines is 1. The summed E-state index contributed by atoms with van der Waals surface area (Å²) < 4.78 is 10.7. The third-order valence-electron chi connectivity index (χ3n) is 5.31. The molecule has 0 aliphatic carbocycles. The molecule has 3 aromatic rings. The number of fused-ring (bicyclic) bond motifs is 2. The van der Waals surface area contributed by atoms with Crippen molar-refractivity contribution in [1.82, 2.24) is 0 Å². The fourth-order valence-electron chi connectivity index (χ4n) is 3.45. The first-order valence-electron chi connectivity index (χ1n) is 9.70. The molecule has 7 heteroatoms. The molecule has 0 saturated heterocycles. The second-order valence-electron chi connectivity index (χ2n) is 7.37. The van der Waals surface area contributed by atoms with E-state index in [1.54, 1.807) is 11.9 Å². The van der Waals surface area contributed by atoms with Crippen LogP contribution in [-0.4, -0.2) is 25.4 Å². The molecule has 0 spiro atoms. The topological polar surface area (TPSA) is 83.5 Å². The smallest absolute Gasteiger partial charge is 0.310 e. The molecule has 0 fully saturated rings. The molecule has 1 aromatic heterocycles. The van der Waals surface area contributed by atoms with Crippen molar-refractivity contribution in [2.45, 2.75) is 25.2 Å². The van der Waals surface area contributed by atoms with Crippen LogP contribution in [0, 0.1) is 25.2 Å². The van der Waals surface area contributed by atoms with E-state index >= 15 is 0 Å². The number of Topliss-reactive ketones (excluding diaryl/α,β-unsaturated/α-hetero) is 1. The number of nitrogens with zero attached hydrogens (tertiary/aromatic N) is 2. The van der Waals surface area contributed by atoms with Crippen LogP contribution in [0.5, 0.6) is 0 Å². The van der Waals surface area contributed by atoms with Crippen LogP contribution in [0.2, 0.25) is 0 Å². The number of rotatable bonds is 5. The van der Waals surface area contributed by atoms with E-state index in [1.165, 1.54) is 18.0 Å².